The molecular formula is C20H42O3S. The minimum atomic E-state index is -3.42. The third kappa shape index (κ3) is 13.2. The van der Waals surface area contributed by atoms with Gasteiger partial charge in [-0.1, -0.05) is 90.4 Å². The predicted molar refractivity (Wildman–Crippen MR) is 105 cm³/mol. The molecule has 0 rings (SSSR count). The fourth-order valence-corrected chi connectivity index (χ4v) is 3.33. The largest absolute Gasteiger partial charge is 0.272 e. The Morgan fingerprint density at radius 2 is 0.958 bits per heavy atom. The highest BCUT2D eigenvalue weighted by molar-refractivity contribution is 7.88. The molecule has 0 fully saturated rings. The molecule has 0 unspecified atom stereocenters. The number of unbranched alkanes of at least 4 members (excludes halogenated alkanes) is 13. The van der Waals surface area contributed by atoms with Gasteiger partial charge in [0.2, 0.25) is 0 Å². The van der Waals surface area contributed by atoms with Crippen LogP contribution in [-0.4, -0.2) is 19.8 Å². The molecule has 0 aromatic rings. The molecule has 0 N–H and O–H groups in total. The van der Waals surface area contributed by atoms with Gasteiger partial charge < -0.3 is 0 Å². The summed E-state index contributed by atoms with van der Waals surface area (Å²) in [4.78, 5) is 0. The minimum absolute atomic E-state index is 0.331. The molecule has 0 spiro atoms. The first-order chi connectivity index (χ1) is 11.3. The topological polar surface area (TPSA) is 43.4 Å². The van der Waals surface area contributed by atoms with Gasteiger partial charge >= 0.3 is 0 Å². The number of hydrogen-bond donors (Lipinski definition) is 0. The zero-order valence-electron chi connectivity index (χ0n) is 16.7. The van der Waals surface area contributed by atoms with E-state index in [-0.39, 0.29) is 0 Å². The van der Waals surface area contributed by atoms with E-state index < -0.39 is 14.9 Å². The van der Waals surface area contributed by atoms with Crippen molar-refractivity contribution in [3.63, 3.8) is 0 Å². The van der Waals surface area contributed by atoms with E-state index in [1.807, 2.05) is 0 Å². The second kappa shape index (κ2) is 14.1. The van der Waals surface area contributed by atoms with E-state index in [1.54, 1.807) is 20.8 Å². The molecule has 0 saturated heterocycles. The summed E-state index contributed by atoms with van der Waals surface area (Å²) in [5.41, 5.74) is 0. The molecule has 0 heterocycles. The third-order valence-electron chi connectivity index (χ3n) is 4.49. The van der Waals surface area contributed by atoms with Gasteiger partial charge in [-0.2, -0.15) is 8.42 Å². The molecule has 0 radical (unpaired) electrons. The van der Waals surface area contributed by atoms with E-state index >= 15 is 0 Å². The molecule has 0 aliphatic rings. The molecule has 0 aromatic carbocycles. The van der Waals surface area contributed by atoms with Gasteiger partial charge in [0, 0.05) is 0 Å². The van der Waals surface area contributed by atoms with Crippen molar-refractivity contribution in [3.8, 4) is 0 Å². The van der Waals surface area contributed by atoms with Crippen molar-refractivity contribution < 1.29 is 12.6 Å². The van der Waals surface area contributed by atoms with E-state index in [0.29, 0.717) is 6.61 Å². The van der Waals surface area contributed by atoms with Gasteiger partial charge in [-0.15, -0.1) is 0 Å². The molecular weight excluding hydrogens is 320 g/mol. The zero-order chi connectivity index (χ0) is 18.3. The second-order valence-corrected chi connectivity index (χ2v) is 10.4. The van der Waals surface area contributed by atoms with Gasteiger partial charge in [0.25, 0.3) is 10.1 Å². The summed E-state index contributed by atoms with van der Waals surface area (Å²) in [6.07, 6.45) is 18.2. The van der Waals surface area contributed by atoms with Gasteiger partial charge in [-0.3, -0.25) is 4.18 Å². The Balaban J connectivity index is 3.27. The Labute approximate surface area is 152 Å². The highest BCUT2D eigenvalue weighted by atomic mass is 32.2. The SMILES string of the molecule is CCCCCCCCCCCCCCCCOS(=O)(=O)C(C)(C)C. The second-order valence-electron chi connectivity index (χ2n) is 7.98. The Morgan fingerprint density at radius 3 is 1.29 bits per heavy atom. The molecule has 146 valence electrons. The first kappa shape index (κ1) is 23.9. The molecule has 0 aliphatic carbocycles. The monoisotopic (exact) mass is 362 g/mol. The highest BCUT2D eigenvalue weighted by Crippen LogP contribution is 2.18. The maximum atomic E-state index is 11.8. The summed E-state index contributed by atoms with van der Waals surface area (Å²) in [6.45, 7) is 7.62. The van der Waals surface area contributed by atoms with Crippen LogP contribution in [0.5, 0.6) is 0 Å². The van der Waals surface area contributed by atoms with Crippen molar-refractivity contribution >= 4 is 10.1 Å². The molecule has 0 saturated carbocycles. The van der Waals surface area contributed by atoms with Gasteiger partial charge in [0.1, 0.15) is 0 Å². The van der Waals surface area contributed by atoms with E-state index in [0.717, 1.165) is 12.8 Å². The van der Waals surface area contributed by atoms with Gasteiger partial charge in [-0.05, 0) is 27.2 Å². The van der Waals surface area contributed by atoms with Crippen molar-refractivity contribution in [2.45, 2.75) is 122 Å². The molecule has 4 heteroatoms. The summed E-state index contributed by atoms with van der Waals surface area (Å²) in [6, 6.07) is 0. The molecule has 0 bridgehead atoms. The highest BCUT2D eigenvalue weighted by Gasteiger charge is 2.29. The number of hydrogen-bond acceptors (Lipinski definition) is 3. The van der Waals surface area contributed by atoms with Gasteiger partial charge in [0.15, 0.2) is 0 Å². The van der Waals surface area contributed by atoms with Crippen molar-refractivity contribution in [1.82, 2.24) is 0 Å². The summed E-state index contributed by atoms with van der Waals surface area (Å²) >= 11 is 0. The number of rotatable bonds is 16. The average Bonchev–Trinajstić information content (AvgIpc) is 2.50. The Hall–Kier alpha value is -0.0900. The first-order valence-corrected chi connectivity index (χ1v) is 11.6. The predicted octanol–water partition coefficient (Wildman–Crippen LogP) is 6.61. The lowest BCUT2D eigenvalue weighted by Gasteiger charge is -2.18. The molecule has 24 heavy (non-hydrogen) atoms. The lowest BCUT2D eigenvalue weighted by atomic mass is 10.0. The van der Waals surface area contributed by atoms with E-state index in [4.69, 9.17) is 4.18 Å². The molecule has 0 amide bonds. The quantitative estimate of drug-likeness (QED) is 0.229. The van der Waals surface area contributed by atoms with E-state index in [9.17, 15) is 8.42 Å². The Bertz CT molecular complexity index is 369. The van der Waals surface area contributed by atoms with Gasteiger partial charge in [0.05, 0.1) is 11.4 Å². The minimum Gasteiger partial charge on any atom is -0.270 e. The zero-order valence-corrected chi connectivity index (χ0v) is 17.6. The van der Waals surface area contributed by atoms with Crippen molar-refractivity contribution in [2.24, 2.45) is 0 Å². The third-order valence-corrected chi connectivity index (χ3v) is 6.46. The molecule has 3 nitrogen and oxygen atoms in total. The molecule has 0 atom stereocenters. The van der Waals surface area contributed by atoms with Crippen LogP contribution >= 0.6 is 0 Å². The summed E-state index contributed by atoms with van der Waals surface area (Å²) in [5, 5.41) is 0. The normalized spacial score (nSPS) is 12.7. The molecule has 0 aliphatic heterocycles. The fourth-order valence-electron chi connectivity index (χ4n) is 2.64. The summed E-state index contributed by atoms with van der Waals surface area (Å²) < 4.78 is 27.8. The van der Waals surface area contributed by atoms with Crippen LogP contribution in [0.15, 0.2) is 0 Å². The van der Waals surface area contributed by atoms with Crippen molar-refractivity contribution in [1.29, 1.82) is 0 Å². The van der Waals surface area contributed by atoms with Crippen LogP contribution in [0.2, 0.25) is 0 Å². The maximum Gasteiger partial charge on any atom is 0.272 e. The average molecular weight is 363 g/mol. The molecule has 0 aromatic heterocycles. The van der Waals surface area contributed by atoms with Crippen LogP contribution in [0.3, 0.4) is 0 Å². The first-order valence-electron chi connectivity index (χ1n) is 10.2. The van der Waals surface area contributed by atoms with Crippen LogP contribution in [0.4, 0.5) is 0 Å². The summed E-state index contributed by atoms with van der Waals surface area (Å²) in [5.74, 6) is 0. The van der Waals surface area contributed by atoms with Crippen molar-refractivity contribution in [2.75, 3.05) is 6.61 Å². The maximum absolute atomic E-state index is 11.8. The smallest absolute Gasteiger partial charge is 0.270 e. The van der Waals surface area contributed by atoms with Crippen LogP contribution in [0.1, 0.15) is 118 Å². The fraction of sp³-hybridized carbons (Fsp3) is 1.00. The van der Waals surface area contributed by atoms with E-state index in [1.165, 1.54) is 77.0 Å². The van der Waals surface area contributed by atoms with E-state index in [2.05, 4.69) is 6.92 Å². The van der Waals surface area contributed by atoms with Crippen molar-refractivity contribution in [3.05, 3.63) is 0 Å². The lowest BCUT2D eigenvalue weighted by Crippen LogP contribution is -2.30. The standard InChI is InChI=1S/C20H42O3S/c1-5-6-7-8-9-10-11-12-13-14-15-16-17-18-19-23-24(21,22)20(2,3)4/h5-19H2,1-4H3. The lowest BCUT2D eigenvalue weighted by molar-refractivity contribution is 0.294. The summed E-state index contributed by atoms with van der Waals surface area (Å²) in [7, 11) is -3.42. The van der Waals surface area contributed by atoms with Gasteiger partial charge in [-0.25, -0.2) is 0 Å². The Morgan fingerprint density at radius 1 is 0.625 bits per heavy atom. The Kier molecular flexibility index (Phi) is 14.1. The van der Waals surface area contributed by atoms with Crippen LogP contribution in [0.25, 0.3) is 0 Å². The van der Waals surface area contributed by atoms with Crippen LogP contribution in [0, 0.1) is 0 Å². The van der Waals surface area contributed by atoms with Crippen LogP contribution in [-0.2, 0) is 14.3 Å². The van der Waals surface area contributed by atoms with Crippen LogP contribution < -0.4 is 0 Å².